The normalized spacial score (nSPS) is 18.0. The van der Waals surface area contributed by atoms with Gasteiger partial charge < -0.3 is 14.3 Å². The van der Waals surface area contributed by atoms with Gasteiger partial charge in [0.25, 0.3) is 0 Å². The molecule has 1 amide bonds. The van der Waals surface area contributed by atoms with Crippen molar-refractivity contribution >= 4 is 17.2 Å². The van der Waals surface area contributed by atoms with Crippen molar-refractivity contribution in [2.75, 3.05) is 26.7 Å². The Hall–Kier alpha value is -2.51. The molecule has 3 heterocycles. The van der Waals surface area contributed by atoms with E-state index in [0.29, 0.717) is 24.6 Å². The van der Waals surface area contributed by atoms with E-state index in [1.165, 1.54) is 5.56 Å². The predicted octanol–water partition coefficient (Wildman–Crippen LogP) is 3.25. The lowest BCUT2D eigenvalue weighted by atomic mass is 10.0. The Kier molecular flexibility index (Phi) is 5.31. The largest absolute Gasteiger partial charge is 0.339 e. The van der Waals surface area contributed by atoms with E-state index >= 15 is 0 Å². The number of rotatable bonds is 5. The molecule has 3 aromatic rings. The molecule has 1 atom stereocenters. The van der Waals surface area contributed by atoms with Gasteiger partial charge in [-0.25, -0.2) is 0 Å². The Morgan fingerprint density at radius 1 is 1.26 bits per heavy atom. The first kappa shape index (κ1) is 17.9. The van der Waals surface area contributed by atoms with Crippen LogP contribution in [0.15, 0.2) is 51.7 Å². The Balaban J connectivity index is 1.42. The highest BCUT2D eigenvalue weighted by Crippen LogP contribution is 2.26. The number of hydrogen-bond acceptors (Lipinski definition) is 6. The van der Waals surface area contributed by atoms with Gasteiger partial charge in [-0.2, -0.15) is 16.3 Å². The average molecular weight is 382 g/mol. The number of thiophene rings is 1. The van der Waals surface area contributed by atoms with Gasteiger partial charge in [0, 0.05) is 43.4 Å². The quantitative estimate of drug-likeness (QED) is 0.678. The standard InChI is InChI=1S/C20H22N4O2S/c1-23-10-11-24(17(13-23)15-5-3-2-4-6-15)19(25)8-7-18-21-20(22-26-18)16-9-12-27-14-16/h2-6,9,12,14,17H,7-8,10-11,13H2,1H3. The van der Waals surface area contributed by atoms with Crippen molar-refractivity contribution in [3.05, 3.63) is 58.6 Å². The molecule has 0 saturated carbocycles. The third-order valence-electron chi connectivity index (χ3n) is 4.89. The van der Waals surface area contributed by atoms with E-state index in [9.17, 15) is 4.79 Å². The van der Waals surface area contributed by atoms with Gasteiger partial charge in [0.05, 0.1) is 6.04 Å². The van der Waals surface area contributed by atoms with Crippen molar-refractivity contribution in [2.45, 2.75) is 18.9 Å². The molecule has 2 aromatic heterocycles. The molecule has 4 rings (SSSR count). The summed E-state index contributed by atoms with van der Waals surface area (Å²) >= 11 is 1.59. The van der Waals surface area contributed by atoms with Crippen LogP contribution in [0.25, 0.3) is 11.4 Å². The van der Waals surface area contributed by atoms with E-state index < -0.39 is 0 Å². The van der Waals surface area contributed by atoms with E-state index in [-0.39, 0.29) is 11.9 Å². The van der Waals surface area contributed by atoms with Crippen LogP contribution in [-0.2, 0) is 11.2 Å². The molecule has 1 saturated heterocycles. The second kappa shape index (κ2) is 8.02. The van der Waals surface area contributed by atoms with Crippen LogP contribution in [-0.4, -0.2) is 52.5 Å². The number of aryl methyl sites for hydroxylation is 1. The first-order valence-corrected chi connectivity index (χ1v) is 10.0. The van der Waals surface area contributed by atoms with Crippen LogP contribution in [0, 0.1) is 0 Å². The molecule has 0 bridgehead atoms. The molecule has 1 aromatic carbocycles. The van der Waals surface area contributed by atoms with Crippen molar-refractivity contribution < 1.29 is 9.32 Å². The SMILES string of the molecule is CN1CCN(C(=O)CCc2nc(-c3ccsc3)no2)C(c2ccccc2)C1. The first-order chi connectivity index (χ1) is 13.2. The maximum atomic E-state index is 12.9. The van der Waals surface area contributed by atoms with Crippen molar-refractivity contribution in [2.24, 2.45) is 0 Å². The zero-order valence-electron chi connectivity index (χ0n) is 15.2. The van der Waals surface area contributed by atoms with Crippen molar-refractivity contribution in [3.63, 3.8) is 0 Å². The molecule has 0 spiro atoms. The summed E-state index contributed by atoms with van der Waals surface area (Å²) in [6.45, 7) is 2.47. The van der Waals surface area contributed by atoms with Gasteiger partial charge in [0.1, 0.15) is 0 Å². The summed E-state index contributed by atoms with van der Waals surface area (Å²) in [6, 6.07) is 12.3. The second-order valence-electron chi connectivity index (χ2n) is 6.80. The number of aromatic nitrogens is 2. The third-order valence-corrected chi connectivity index (χ3v) is 5.57. The minimum atomic E-state index is 0.0847. The van der Waals surface area contributed by atoms with E-state index in [1.54, 1.807) is 11.3 Å². The van der Waals surface area contributed by atoms with Gasteiger partial charge in [0.2, 0.25) is 17.6 Å². The minimum absolute atomic E-state index is 0.0847. The lowest BCUT2D eigenvalue weighted by molar-refractivity contribution is -0.136. The van der Waals surface area contributed by atoms with Gasteiger partial charge in [0.15, 0.2) is 0 Å². The minimum Gasteiger partial charge on any atom is -0.339 e. The van der Waals surface area contributed by atoms with Crippen LogP contribution in [0.5, 0.6) is 0 Å². The molecule has 6 nitrogen and oxygen atoms in total. The zero-order valence-corrected chi connectivity index (χ0v) is 16.1. The molecule has 0 aliphatic carbocycles. The summed E-state index contributed by atoms with van der Waals surface area (Å²) in [4.78, 5) is 21.6. The van der Waals surface area contributed by atoms with E-state index in [0.717, 1.165) is 25.2 Å². The average Bonchev–Trinajstić information content (AvgIpc) is 3.38. The van der Waals surface area contributed by atoms with Crippen LogP contribution in [0.2, 0.25) is 0 Å². The Labute approximate surface area is 162 Å². The Morgan fingerprint density at radius 2 is 2.11 bits per heavy atom. The number of hydrogen-bond donors (Lipinski definition) is 0. The molecule has 27 heavy (non-hydrogen) atoms. The number of amides is 1. The second-order valence-corrected chi connectivity index (χ2v) is 7.58. The fraction of sp³-hybridized carbons (Fsp3) is 0.350. The molecule has 1 fully saturated rings. The lowest BCUT2D eigenvalue weighted by Crippen LogP contribution is -2.49. The number of piperazine rings is 1. The summed E-state index contributed by atoms with van der Waals surface area (Å²) in [7, 11) is 2.10. The summed E-state index contributed by atoms with van der Waals surface area (Å²) in [5.74, 6) is 1.22. The van der Waals surface area contributed by atoms with E-state index in [4.69, 9.17) is 4.52 Å². The van der Waals surface area contributed by atoms with E-state index in [1.807, 2.05) is 39.9 Å². The molecule has 7 heteroatoms. The van der Waals surface area contributed by atoms with Gasteiger partial charge in [-0.15, -0.1) is 0 Å². The van der Waals surface area contributed by atoms with Crippen LogP contribution < -0.4 is 0 Å². The van der Waals surface area contributed by atoms with Crippen LogP contribution in [0.1, 0.15) is 23.9 Å². The van der Waals surface area contributed by atoms with E-state index in [2.05, 4.69) is 34.2 Å². The van der Waals surface area contributed by atoms with Crippen LogP contribution >= 0.6 is 11.3 Å². The van der Waals surface area contributed by atoms with Crippen molar-refractivity contribution in [1.29, 1.82) is 0 Å². The molecule has 1 unspecified atom stereocenters. The number of nitrogens with zero attached hydrogens (tertiary/aromatic N) is 4. The Morgan fingerprint density at radius 3 is 2.89 bits per heavy atom. The van der Waals surface area contributed by atoms with Gasteiger partial charge in [-0.3, -0.25) is 4.79 Å². The fourth-order valence-electron chi connectivity index (χ4n) is 3.40. The topological polar surface area (TPSA) is 62.5 Å². The maximum Gasteiger partial charge on any atom is 0.227 e. The first-order valence-electron chi connectivity index (χ1n) is 9.09. The number of likely N-dealkylation sites (N-methyl/N-ethyl adjacent to an activating group) is 1. The monoisotopic (exact) mass is 382 g/mol. The highest BCUT2D eigenvalue weighted by molar-refractivity contribution is 7.08. The van der Waals surface area contributed by atoms with Gasteiger partial charge in [-0.1, -0.05) is 35.5 Å². The van der Waals surface area contributed by atoms with Gasteiger partial charge >= 0.3 is 0 Å². The lowest BCUT2D eigenvalue weighted by Gasteiger charge is -2.40. The zero-order chi connectivity index (χ0) is 18.6. The third kappa shape index (κ3) is 4.09. The van der Waals surface area contributed by atoms with Gasteiger partial charge in [-0.05, 0) is 24.1 Å². The summed E-state index contributed by atoms with van der Waals surface area (Å²) in [5.41, 5.74) is 2.12. The molecule has 0 N–H and O–H groups in total. The van der Waals surface area contributed by atoms with Crippen molar-refractivity contribution in [3.8, 4) is 11.4 Å². The number of benzene rings is 1. The van der Waals surface area contributed by atoms with Crippen LogP contribution in [0.3, 0.4) is 0 Å². The highest BCUT2D eigenvalue weighted by atomic mass is 32.1. The number of carbonyl (C=O) groups excluding carboxylic acids is 1. The Bertz CT molecular complexity index is 879. The molecule has 1 aliphatic rings. The maximum absolute atomic E-state index is 12.9. The summed E-state index contributed by atoms with van der Waals surface area (Å²) in [5, 5.41) is 7.97. The summed E-state index contributed by atoms with van der Waals surface area (Å²) < 4.78 is 5.32. The molecular formula is C20H22N4O2S. The van der Waals surface area contributed by atoms with Crippen LogP contribution in [0.4, 0.5) is 0 Å². The highest BCUT2D eigenvalue weighted by Gasteiger charge is 2.30. The molecular weight excluding hydrogens is 360 g/mol. The summed E-state index contributed by atoms with van der Waals surface area (Å²) in [6.07, 6.45) is 0.835. The van der Waals surface area contributed by atoms with Crippen molar-refractivity contribution in [1.82, 2.24) is 19.9 Å². The molecule has 1 aliphatic heterocycles. The fourth-order valence-corrected chi connectivity index (χ4v) is 4.04. The molecule has 0 radical (unpaired) electrons. The number of carbonyl (C=O) groups is 1. The predicted molar refractivity (Wildman–Crippen MR) is 104 cm³/mol. The molecule has 140 valence electrons. The smallest absolute Gasteiger partial charge is 0.227 e.